The van der Waals surface area contributed by atoms with Crippen LogP contribution >= 0.6 is 0 Å². The van der Waals surface area contributed by atoms with E-state index in [4.69, 9.17) is 5.11 Å². The Labute approximate surface area is 125 Å². The van der Waals surface area contributed by atoms with Crippen LogP contribution in [0.5, 0.6) is 0 Å². The predicted molar refractivity (Wildman–Crippen MR) is 79.7 cm³/mol. The van der Waals surface area contributed by atoms with Crippen molar-refractivity contribution in [3.05, 3.63) is 28.8 Å². The fraction of sp³-hybridized carbons (Fsp3) is 0.533. The molecule has 1 N–H and O–H groups in total. The number of rotatable bonds is 3. The van der Waals surface area contributed by atoms with Crippen LogP contribution in [-0.4, -0.2) is 36.9 Å². The van der Waals surface area contributed by atoms with Gasteiger partial charge in [0.05, 0.1) is 10.8 Å². The molecule has 1 saturated heterocycles. The Kier molecular flexibility index (Phi) is 4.13. The first-order chi connectivity index (χ1) is 9.64. The average Bonchev–Trinajstić information content (AvgIpc) is 2.70. The number of carbonyl (C=O) groups is 1. The molecule has 116 valence electrons. The number of benzene rings is 1. The molecular formula is C15H21NO4S. The van der Waals surface area contributed by atoms with Gasteiger partial charge in [-0.15, -0.1) is 0 Å². The number of nitrogens with zero attached hydrogens (tertiary/aromatic N) is 1. The minimum atomic E-state index is -3.65. The second-order valence-corrected chi connectivity index (χ2v) is 7.85. The summed E-state index contributed by atoms with van der Waals surface area (Å²) in [5.74, 6) is -1.74. The van der Waals surface area contributed by atoms with E-state index in [1.54, 1.807) is 20.8 Å². The van der Waals surface area contributed by atoms with Crippen LogP contribution in [0.1, 0.15) is 23.6 Å². The van der Waals surface area contributed by atoms with Gasteiger partial charge in [-0.3, -0.25) is 4.79 Å². The average molecular weight is 311 g/mol. The van der Waals surface area contributed by atoms with Crippen LogP contribution in [0.4, 0.5) is 0 Å². The monoisotopic (exact) mass is 311 g/mol. The molecule has 2 unspecified atom stereocenters. The smallest absolute Gasteiger partial charge is 0.308 e. The standard InChI is InChI=1S/C15H21NO4S/c1-9-5-10(2)14(11(3)6-9)21(19,20)16-7-12(4)13(8-16)15(17)18/h5-6,12-13H,7-8H2,1-4H3,(H,17,18). The lowest BCUT2D eigenvalue weighted by atomic mass is 9.99. The predicted octanol–water partition coefficient (Wildman–Crippen LogP) is 1.95. The van der Waals surface area contributed by atoms with Gasteiger partial charge < -0.3 is 5.11 Å². The van der Waals surface area contributed by atoms with Gasteiger partial charge in [0.25, 0.3) is 0 Å². The summed E-state index contributed by atoms with van der Waals surface area (Å²) in [5.41, 5.74) is 2.43. The summed E-state index contributed by atoms with van der Waals surface area (Å²) in [6.45, 7) is 7.57. The molecular weight excluding hydrogens is 290 g/mol. The van der Waals surface area contributed by atoms with Gasteiger partial charge in [-0.05, 0) is 37.8 Å². The van der Waals surface area contributed by atoms with Gasteiger partial charge in [-0.2, -0.15) is 4.31 Å². The van der Waals surface area contributed by atoms with E-state index in [0.29, 0.717) is 16.0 Å². The zero-order valence-electron chi connectivity index (χ0n) is 12.8. The van der Waals surface area contributed by atoms with E-state index in [0.717, 1.165) is 5.56 Å². The van der Waals surface area contributed by atoms with Crippen LogP contribution < -0.4 is 0 Å². The maximum absolute atomic E-state index is 12.8. The Morgan fingerprint density at radius 1 is 1.19 bits per heavy atom. The number of hydrogen-bond acceptors (Lipinski definition) is 3. The third-order valence-corrected chi connectivity index (χ3v) is 6.24. The zero-order chi connectivity index (χ0) is 15.9. The number of aryl methyl sites for hydroxylation is 3. The SMILES string of the molecule is Cc1cc(C)c(S(=O)(=O)N2CC(C)C(C(=O)O)C2)c(C)c1. The highest BCUT2D eigenvalue weighted by Gasteiger charge is 2.41. The molecule has 1 aliphatic heterocycles. The van der Waals surface area contributed by atoms with Crippen molar-refractivity contribution in [3.63, 3.8) is 0 Å². The Hall–Kier alpha value is -1.40. The number of aliphatic carboxylic acids is 1. The highest BCUT2D eigenvalue weighted by atomic mass is 32.2. The molecule has 0 spiro atoms. The molecule has 1 aliphatic rings. The molecule has 0 aromatic heterocycles. The van der Waals surface area contributed by atoms with Crippen LogP contribution in [0.15, 0.2) is 17.0 Å². The molecule has 0 saturated carbocycles. The fourth-order valence-corrected chi connectivity index (χ4v) is 5.12. The second kappa shape index (κ2) is 5.42. The minimum absolute atomic E-state index is 0.0472. The lowest BCUT2D eigenvalue weighted by Gasteiger charge is -2.20. The first-order valence-electron chi connectivity index (χ1n) is 6.95. The van der Waals surface area contributed by atoms with Gasteiger partial charge in [0.15, 0.2) is 0 Å². The van der Waals surface area contributed by atoms with E-state index in [2.05, 4.69) is 0 Å². The molecule has 6 heteroatoms. The number of hydrogen-bond donors (Lipinski definition) is 1. The Balaban J connectivity index is 2.43. The van der Waals surface area contributed by atoms with Crippen LogP contribution in [0.25, 0.3) is 0 Å². The van der Waals surface area contributed by atoms with Crippen molar-refractivity contribution in [3.8, 4) is 0 Å². The molecule has 0 aliphatic carbocycles. The van der Waals surface area contributed by atoms with Crippen molar-refractivity contribution < 1.29 is 18.3 Å². The lowest BCUT2D eigenvalue weighted by molar-refractivity contribution is -0.142. The summed E-state index contributed by atoms with van der Waals surface area (Å²) in [4.78, 5) is 11.5. The summed E-state index contributed by atoms with van der Waals surface area (Å²) in [5, 5.41) is 9.16. The normalized spacial score (nSPS) is 23.4. The maximum atomic E-state index is 12.8. The van der Waals surface area contributed by atoms with E-state index in [9.17, 15) is 13.2 Å². The highest BCUT2D eigenvalue weighted by molar-refractivity contribution is 7.89. The quantitative estimate of drug-likeness (QED) is 0.926. The Morgan fingerprint density at radius 2 is 1.71 bits per heavy atom. The van der Waals surface area contributed by atoms with E-state index in [1.807, 2.05) is 19.1 Å². The zero-order valence-corrected chi connectivity index (χ0v) is 13.6. The van der Waals surface area contributed by atoms with Gasteiger partial charge in [-0.1, -0.05) is 24.6 Å². The summed E-state index contributed by atoms with van der Waals surface area (Å²) in [6, 6.07) is 3.68. The molecule has 1 heterocycles. The summed E-state index contributed by atoms with van der Waals surface area (Å²) < 4.78 is 27.0. The first-order valence-corrected chi connectivity index (χ1v) is 8.39. The Morgan fingerprint density at radius 3 is 2.14 bits per heavy atom. The second-order valence-electron chi connectivity index (χ2n) is 5.97. The minimum Gasteiger partial charge on any atom is -0.481 e. The van der Waals surface area contributed by atoms with Gasteiger partial charge >= 0.3 is 5.97 Å². The van der Waals surface area contributed by atoms with Crippen LogP contribution in [-0.2, 0) is 14.8 Å². The number of sulfonamides is 1. The highest BCUT2D eigenvalue weighted by Crippen LogP contribution is 2.31. The third-order valence-electron chi connectivity index (χ3n) is 4.10. The molecule has 21 heavy (non-hydrogen) atoms. The van der Waals surface area contributed by atoms with Crippen molar-refractivity contribution in [1.82, 2.24) is 4.31 Å². The van der Waals surface area contributed by atoms with Crippen molar-refractivity contribution >= 4 is 16.0 Å². The molecule has 1 aromatic rings. The lowest BCUT2D eigenvalue weighted by Crippen LogP contribution is -2.31. The van der Waals surface area contributed by atoms with Crippen molar-refractivity contribution in [2.24, 2.45) is 11.8 Å². The van der Waals surface area contributed by atoms with Crippen LogP contribution in [0.2, 0.25) is 0 Å². The molecule has 0 amide bonds. The van der Waals surface area contributed by atoms with Gasteiger partial charge in [0, 0.05) is 13.1 Å². The third kappa shape index (κ3) is 2.82. The molecule has 5 nitrogen and oxygen atoms in total. The summed E-state index contributed by atoms with van der Waals surface area (Å²) in [7, 11) is -3.65. The molecule has 2 rings (SSSR count). The van der Waals surface area contributed by atoms with E-state index in [1.165, 1.54) is 4.31 Å². The maximum Gasteiger partial charge on any atom is 0.308 e. The van der Waals surface area contributed by atoms with Gasteiger partial charge in [-0.25, -0.2) is 8.42 Å². The van der Waals surface area contributed by atoms with E-state index < -0.39 is 21.9 Å². The fourth-order valence-electron chi connectivity index (χ4n) is 3.14. The van der Waals surface area contributed by atoms with Crippen molar-refractivity contribution in [2.45, 2.75) is 32.6 Å². The number of carboxylic acid groups (broad SMARTS) is 1. The van der Waals surface area contributed by atoms with E-state index >= 15 is 0 Å². The first kappa shape index (κ1) is 16.0. The number of carboxylic acids is 1. The molecule has 1 fully saturated rings. The van der Waals surface area contributed by atoms with Gasteiger partial charge in [0.1, 0.15) is 0 Å². The van der Waals surface area contributed by atoms with Crippen molar-refractivity contribution in [2.75, 3.05) is 13.1 Å². The summed E-state index contributed by atoms with van der Waals surface area (Å²) in [6.07, 6.45) is 0. The summed E-state index contributed by atoms with van der Waals surface area (Å²) >= 11 is 0. The molecule has 0 radical (unpaired) electrons. The molecule has 1 aromatic carbocycles. The van der Waals surface area contributed by atoms with E-state index in [-0.39, 0.29) is 19.0 Å². The van der Waals surface area contributed by atoms with Crippen molar-refractivity contribution in [1.29, 1.82) is 0 Å². The largest absolute Gasteiger partial charge is 0.481 e. The molecule has 0 bridgehead atoms. The molecule has 2 atom stereocenters. The van der Waals surface area contributed by atoms with Crippen LogP contribution in [0.3, 0.4) is 0 Å². The van der Waals surface area contributed by atoms with Gasteiger partial charge in [0.2, 0.25) is 10.0 Å². The topological polar surface area (TPSA) is 74.7 Å². The Bertz CT molecular complexity index is 658. The van der Waals surface area contributed by atoms with Crippen LogP contribution in [0, 0.1) is 32.6 Å².